The molecular weight excluding hydrogens is 276 g/mol. The normalized spacial score (nSPS) is 15.1. The Kier molecular flexibility index (Phi) is 13.3. The van der Waals surface area contributed by atoms with Crippen LogP contribution < -0.4 is 0 Å². The molecule has 1 heterocycles. The summed E-state index contributed by atoms with van der Waals surface area (Å²) >= 11 is 0. The maximum absolute atomic E-state index is 10.0. The lowest BCUT2D eigenvalue weighted by atomic mass is 10.5. The molecule has 0 bridgehead atoms. The summed E-state index contributed by atoms with van der Waals surface area (Å²) < 4.78 is 25.4. The van der Waals surface area contributed by atoms with E-state index < -0.39 is 18.5 Å². The lowest BCUT2D eigenvalue weighted by Crippen LogP contribution is -2.02. The van der Waals surface area contributed by atoms with Crippen LogP contribution >= 0.6 is 0 Å². The van der Waals surface area contributed by atoms with E-state index >= 15 is 0 Å². The smallest absolute Gasteiger partial charge is 0.438 e. The van der Waals surface area contributed by atoms with Gasteiger partial charge in [-0.1, -0.05) is 0 Å². The summed E-state index contributed by atoms with van der Waals surface area (Å²) in [7, 11) is 3.79. The van der Waals surface area contributed by atoms with Gasteiger partial charge in [0.1, 0.15) is 12.7 Å². The molecule has 118 valence electrons. The highest BCUT2D eigenvalue weighted by molar-refractivity contribution is 5.61. The second kappa shape index (κ2) is 13.2. The molecule has 0 saturated carbocycles. The lowest BCUT2D eigenvalue weighted by Gasteiger charge is -1.94. The van der Waals surface area contributed by atoms with E-state index in [-0.39, 0.29) is 6.10 Å². The third-order valence-electron chi connectivity index (χ3n) is 1.50. The molecule has 1 atom stereocenters. The van der Waals surface area contributed by atoms with Gasteiger partial charge in [-0.15, -0.1) is 0 Å². The van der Waals surface area contributed by atoms with Crippen molar-refractivity contribution in [1.29, 1.82) is 0 Å². The number of hydrogen-bond acceptors (Lipinski definition) is 9. The zero-order valence-corrected chi connectivity index (χ0v) is 12.2. The van der Waals surface area contributed by atoms with Crippen LogP contribution in [0, 0.1) is 0 Å². The van der Waals surface area contributed by atoms with Crippen LogP contribution in [0.25, 0.3) is 0 Å². The van der Waals surface area contributed by atoms with Gasteiger partial charge < -0.3 is 28.4 Å². The molecule has 0 aromatic carbocycles. The van der Waals surface area contributed by atoms with Gasteiger partial charge in [-0.2, -0.15) is 0 Å². The van der Waals surface area contributed by atoms with Crippen molar-refractivity contribution in [2.45, 2.75) is 20.0 Å². The first kappa shape index (κ1) is 20.1. The Morgan fingerprint density at radius 1 is 1.15 bits per heavy atom. The van der Waals surface area contributed by atoms with E-state index in [1.165, 1.54) is 21.3 Å². The highest BCUT2D eigenvalue weighted by Crippen LogP contribution is 2.02. The molecule has 0 spiro atoms. The molecule has 1 aliphatic heterocycles. The number of hydrogen-bond donors (Lipinski definition) is 0. The minimum Gasteiger partial charge on any atom is -0.438 e. The highest BCUT2D eigenvalue weighted by Gasteiger charge is 2.19. The molecule has 0 aromatic heterocycles. The average Bonchev–Trinajstić information content (AvgIpc) is 2.83. The van der Waals surface area contributed by atoms with Crippen LogP contribution in [0.2, 0.25) is 0 Å². The summed E-state index contributed by atoms with van der Waals surface area (Å²) in [5.74, 6) is 0. The number of cyclic esters (lactones) is 2. The molecule has 9 nitrogen and oxygen atoms in total. The predicted molar refractivity (Wildman–Crippen MR) is 65.3 cm³/mol. The molecule has 1 unspecified atom stereocenters. The Balaban J connectivity index is 0. The van der Waals surface area contributed by atoms with Crippen molar-refractivity contribution in [3.8, 4) is 0 Å². The second-order valence-electron chi connectivity index (χ2n) is 3.03. The van der Waals surface area contributed by atoms with E-state index in [4.69, 9.17) is 0 Å². The van der Waals surface area contributed by atoms with Crippen LogP contribution in [-0.2, 0) is 28.4 Å². The average molecular weight is 296 g/mol. The van der Waals surface area contributed by atoms with Gasteiger partial charge in [-0.05, 0) is 13.8 Å². The van der Waals surface area contributed by atoms with Gasteiger partial charge in [0.15, 0.2) is 0 Å². The minimum absolute atomic E-state index is 0.0486. The van der Waals surface area contributed by atoms with E-state index in [2.05, 4.69) is 28.4 Å². The van der Waals surface area contributed by atoms with Crippen molar-refractivity contribution in [3.05, 3.63) is 0 Å². The van der Waals surface area contributed by atoms with Gasteiger partial charge in [0, 0.05) is 0 Å². The third-order valence-corrected chi connectivity index (χ3v) is 1.50. The Labute approximate surface area is 117 Å². The summed E-state index contributed by atoms with van der Waals surface area (Å²) in [5.41, 5.74) is 0. The summed E-state index contributed by atoms with van der Waals surface area (Å²) in [6, 6.07) is 0. The molecule has 1 aliphatic rings. The number of methoxy groups -OCH3 is 3. The first-order valence-electron chi connectivity index (χ1n) is 5.57. The number of ether oxygens (including phenoxy) is 6. The van der Waals surface area contributed by atoms with Gasteiger partial charge in [0.05, 0.1) is 27.9 Å². The molecule has 0 radical (unpaired) electrons. The number of carbonyl (C=O) groups excluding carboxylic acids is 3. The fraction of sp³-hybridized carbons (Fsp3) is 0.727. The predicted octanol–water partition coefficient (Wildman–Crippen LogP) is 1.73. The highest BCUT2D eigenvalue weighted by atomic mass is 16.8. The molecule has 0 amide bonds. The molecule has 0 N–H and O–H groups in total. The van der Waals surface area contributed by atoms with E-state index in [0.29, 0.717) is 13.2 Å². The van der Waals surface area contributed by atoms with E-state index in [1.807, 2.05) is 0 Å². The Morgan fingerprint density at radius 2 is 1.65 bits per heavy atom. The molecule has 0 aromatic rings. The largest absolute Gasteiger partial charge is 0.508 e. The van der Waals surface area contributed by atoms with Crippen LogP contribution in [0.15, 0.2) is 0 Å². The molecule has 9 heteroatoms. The van der Waals surface area contributed by atoms with Gasteiger partial charge in [-0.3, -0.25) is 0 Å². The molecular formula is C11H20O9. The van der Waals surface area contributed by atoms with Gasteiger partial charge >= 0.3 is 18.5 Å². The topological polar surface area (TPSA) is 107 Å². The SMILES string of the molecule is CC1COC(=O)O1.CCOC(=O)OC.COC(=O)OC. The summed E-state index contributed by atoms with van der Waals surface area (Å²) in [5, 5.41) is 0. The monoisotopic (exact) mass is 296 g/mol. The van der Waals surface area contributed by atoms with Gasteiger partial charge in [0.25, 0.3) is 0 Å². The quantitative estimate of drug-likeness (QED) is 0.528. The molecule has 20 heavy (non-hydrogen) atoms. The molecule has 1 fully saturated rings. The van der Waals surface area contributed by atoms with E-state index in [9.17, 15) is 14.4 Å². The van der Waals surface area contributed by atoms with Gasteiger partial charge in [-0.25, -0.2) is 14.4 Å². The summed E-state index contributed by atoms with van der Waals surface area (Å²) in [6.45, 7) is 4.27. The van der Waals surface area contributed by atoms with Crippen LogP contribution in [0.3, 0.4) is 0 Å². The first-order valence-corrected chi connectivity index (χ1v) is 5.57. The second-order valence-corrected chi connectivity index (χ2v) is 3.03. The van der Waals surface area contributed by atoms with Crippen molar-refractivity contribution >= 4 is 18.5 Å². The maximum atomic E-state index is 10.0. The number of rotatable bonds is 1. The van der Waals surface area contributed by atoms with E-state index in [0.717, 1.165) is 0 Å². The molecule has 1 saturated heterocycles. The molecule has 1 rings (SSSR count). The van der Waals surface area contributed by atoms with Crippen molar-refractivity contribution in [1.82, 2.24) is 0 Å². The van der Waals surface area contributed by atoms with Crippen LogP contribution in [0.4, 0.5) is 14.4 Å². The Morgan fingerprint density at radius 3 is 1.75 bits per heavy atom. The van der Waals surface area contributed by atoms with Crippen LogP contribution in [0.5, 0.6) is 0 Å². The van der Waals surface area contributed by atoms with Crippen molar-refractivity contribution in [2.24, 2.45) is 0 Å². The Bertz CT molecular complexity index is 278. The zero-order chi connectivity index (χ0) is 16.0. The van der Waals surface area contributed by atoms with Crippen molar-refractivity contribution in [3.63, 3.8) is 0 Å². The minimum atomic E-state index is -0.657. The first-order chi connectivity index (χ1) is 9.40. The third kappa shape index (κ3) is 13.9. The Hall–Kier alpha value is -2.19. The van der Waals surface area contributed by atoms with Crippen LogP contribution in [0.1, 0.15) is 13.8 Å². The van der Waals surface area contributed by atoms with Crippen molar-refractivity contribution in [2.75, 3.05) is 34.5 Å². The van der Waals surface area contributed by atoms with Gasteiger partial charge in [0.2, 0.25) is 0 Å². The number of carbonyl (C=O) groups is 3. The molecule has 0 aliphatic carbocycles. The fourth-order valence-corrected chi connectivity index (χ4v) is 0.678. The summed E-state index contributed by atoms with van der Waals surface area (Å²) in [6.07, 6.45) is -1.88. The zero-order valence-electron chi connectivity index (χ0n) is 12.2. The lowest BCUT2D eigenvalue weighted by molar-refractivity contribution is 0.0770. The summed E-state index contributed by atoms with van der Waals surface area (Å²) in [4.78, 5) is 29.7. The van der Waals surface area contributed by atoms with E-state index in [1.54, 1.807) is 13.8 Å². The fourth-order valence-electron chi connectivity index (χ4n) is 0.678. The van der Waals surface area contributed by atoms with Crippen LogP contribution in [-0.4, -0.2) is 59.1 Å². The standard InChI is InChI=1S/C4H6O3.C4H8O3.C3H6O3/c1-3-2-6-4(5)7-3;1-3-7-4(5)6-2;1-5-3(4)6-2/h3H,2H2,1H3;3H2,1-2H3;1-2H3. The maximum Gasteiger partial charge on any atom is 0.508 e. The van der Waals surface area contributed by atoms with Crippen molar-refractivity contribution < 1.29 is 42.8 Å².